The van der Waals surface area contributed by atoms with Crippen LogP contribution in [0.3, 0.4) is 0 Å². The van der Waals surface area contributed by atoms with Gasteiger partial charge in [-0.05, 0) is 6.07 Å². The summed E-state index contributed by atoms with van der Waals surface area (Å²) < 4.78 is 52.8. The van der Waals surface area contributed by atoms with Crippen LogP contribution in [0.2, 0.25) is 0 Å². The predicted molar refractivity (Wildman–Crippen MR) is 58.1 cm³/mol. The second kappa shape index (κ2) is 5.25. The van der Waals surface area contributed by atoms with Gasteiger partial charge in [0.05, 0.1) is 21.3 Å². The van der Waals surface area contributed by atoms with Crippen molar-refractivity contribution in [3.05, 3.63) is 17.2 Å². The maximum Gasteiger partial charge on any atom is 0.423 e. The van der Waals surface area contributed by atoms with Crippen LogP contribution in [0.25, 0.3) is 0 Å². The molecule has 1 aromatic carbocycles. The largest absolute Gasteiger partial charge is 0.496 e. The zero-order valence-corrected chi connectivity index (χ0v) is 10.3. The smallest absolute Gasteiger partial charge is 0.423 e. The number of halogens is 3. The van der Waals surface area contributed by atoms with E-state index < -0.39 is 40.5 Å². The molecular formula is C11H11F3O5. The average molecular weight is 280 g/mol. The Balaban J connectivity index is 3.77. The molecule has 0 aliphatic carbocycles. The Labute approximate surface area is 106 Å². The van der Waals surface area contributed by atoms with E-state index in [1.165, 1.54) is 0 Å². The third-order valence-electron chi connectivity index (χ3n) is 2.34. The fourth-order valence-corrected chi connectivity index (χ4v) is 1.60. The van der Waals surface area contributed by atoms with E-state index >= 15 is 0 Å². The van der Waals surface area contributed by atoms with Gasteiger partial charge in [-0.25, -0.2) is 4.79 Å². The van der Waals surface area contributed by atoms with Gasteiger partial charge in [-0.15, -0.1) is 0 Å². The second-order valence-electron chi connectivity index (χ2n) is 3.37. The van der Waals surface area contributed by atoms with Gasteiger partial charge in [-0.3, -0.25) is 0 Å². The van der Waals surface area contributed by atoms with Crippen molar-refractivity contribution in [3.8, 4) is 17.2 Å². The van der Waals surface area contributed by atoms with Crippen LogP contribution in [0.15, 0.2) is 6.07 Å². The minimum Gasteiger partial charge on any atom is -0.496 e. The zero-order valence-electron chi connectivity index (χ0n) is 10.3. The number of methoxy groups -OCH3 is 3. The number of alkyl halides is 3. The van der Waals surface area contributed by atoms with E-state index in [4.69, 9.17) is 9.84 Å². The molecule has 0 saturated carbocycles. The number of carboxylic acid groups (broad SMARTS) is 1. The molecule has 0 amide bonds. The Morgan fingerprint density at radius 1 is 1.11 bits per heavy atom. The molecule has 106 valence electrons. The molecule has 0 bridgehead atoms. The fraction of sp³-hybridized carbons (Fsp3) is 0.364. The lowest BCUT2D eigenvalue weighted by molar-refractivity contribution is -0.140. The van der Waals surface area contributed by atoms with Gasteiger partial charge in [0.25, 0.3) is 0 Å². The highest BCUT2D eigenvalue weighted by Gasteiger charge is 2.41. The van der Waals surface area contributed by atoms with Crippen LogP contribution in [0, 0.1) is 0 Å². The van der Waals surface area contributed by atoms with Gasteiger partial charge in [-0.2, -0.15) is 13.2 Å². The second-order valence-corrected chi connectivity index (χ2v) is 3.37. The Morgan fingerprint density at radius 3 is 1.95 bits per heavy atom. The summed E-state index contributed by atoms with van der Waals surface area (Å²) in [6, 6.07) is 0.743. The lowest BCUT2D eigenvalue weighted by atomic mass is 10.1. The first kappa shape index (κ1) is 14.9. The highest BCUT2D eigenvalue weighted by Crippen LogP contribution is 2.48. The standard InChI is InChI=1S/C11H11F3O5/c1-17-6-4-5(10(15)16)8(18-2)9(19-3)7(6)11(12,13)14/h4H,1-3H3,(H,15,16). The molecule has 0 aliphatic rings. The number of benzene rings is 1. The van der Waals surface area contributed by atoms with Gasteiger partial charge in [0.15, 0.2) is 11.5 Å². The van der Waals surface area contributed by atoms with Crippen molar-refractivity contribution in [1.29, 1.82) is 0 Å². The number of carbonyl (C=O) groups is 1. The van der Waals surface area contributed by atoms with E-state index in [1.54, 1.807) is 0 Å². The molecule has 0 aliphatic heterocycles. The maximum atomic E-state index is 13.0. The van der Waals surface area contributed by atoms with Crippen LogP contribution in [0.4, 0.5) is 13.2 Å². The van der Waals surface area contributed by atoms with Crippen molar-refractivity contribution in [1.82, 2.24) is 0 Å². The molecule has 0 unspecified atom stereocenters. The van der Waals surface area contributed by atoms with Gasteiger partial charge in [0, 0.05) is 0 Å². The van der Waals surface area contributed by atoms with Crippen LogP contribution in [-0.4, -0.2) is 32.4 Å². The topological polar surface area (TPSA) is 65.0 Å². The van der Waals surface area contributed by atoms with Gasteiger partial charge < -0.3 is 19.3 Å². The molecule has 0 atom stereocenters. The minimum absolute atomic E-state index is 0.482. The maximum absolute atomic E-state index is 13.0. The highest BCUT2D eigenvalue weighted by molar-refractivity contribution is 5.93. The van der Waals surface area contributed by atoms with Gasteiger partial charge in [0.2, 0.25) is 0 Å². The van der Waals surface area contributed by atoms with E-state index in [9.17, 15) is 18.0 Å². The van der Waals surface area contributed by atoms with Crippen LogP contribution in [0.1, 0.15) is 15.9 Å². The summed E-state index contributed by atoms with van der Waals surface area (Å²) in [5.74, 6) is -3.35. The fourth-order valence-electron chi connectivity index (χ4n) is 1.60. The van der Waals surface area contributed by atoms with Gasteiger partial charge >= 0.3 is 12.1 Å². The Hall–Kier alpha value is -2.12. The van der Waals surface area contributed by atoms with Gasteiger partial charge in [0.1, 0.15) is 16.9 Å². The lowest BCUT2D eigenvalue weighted by Gasteiger charge is -2.19. The number of ether oxygens (including phenoxy) is 3. The molecule has 5 nitrogen and oxygen atoms in total. The molecule has 19 heavy (non-hydrogen) atoms. The van der Waals surface area contributed by atoms with Crippen molar-refractivity contribution in [3.63, 3.8) is 0 Å². The quantitative estimate of drug-likeness (QED) is 0.917. The monoisotopic (exact) mass is 280 g/mol. The molecule has 0 heterocycles. The van der Waals surface area contributed by atoms with E-state index in [2.05, 4.69) is 9.47 Å². The molecular weight excluding hydrogens is 269 g/mol. The SMILES string of the molecule is COc1cc(C(=O)O)c(OC)c(OC)c1C(F)(F)F. The Kier molecular flexibility index (Phi) is 4.13. The third kappa shape index (κ3) is 2.67. The lowest BCUT2D eigenvalue weighted by Crippen LogP contribution is -2.13. The molecule has 0 fully saturated rings. The van der Waals surface area contributed by atoms with Crippen molar-refractivity contribution in [2.75, 3.05) is 21.3 Å². The van der Waals surface area contributed by atoms with Crippen LogP contribution >= 0.6 is 0 Å². The highest BCUT2D eigenvalue weighted by atomic mass is 19.4. The van der Waals surface area contributed by atoms with Crippen molar-refractivity contribution in [2.45, 2.75) is 6.18 Å². The third-order valence-corrected chi connectivity index (χ3v) is 2.34. The minimum atomic E-state index is -4.78. The van der Waals surface area contributed by atoms with Crippen LogP contribution in [0.5, 0.6) is 17.2 Å². The molecule has 0 aromatic heterocycles. The summed E-state index contributed by atoms with van der Waals surface area (Å²) in [5.41, 5.74) is -1.71. The number of aromatic carboxylic acids is 1. The van der Waals surface area contributed by atoms with Gasteiger partial charge in [-0.1, -0.05) is 0 Å². The molecule has 1 rings (SSSR count). The van der Waals surface area contributed by atoms with Crippen LogP contribution < -0.4 is 14.2 Å². The molecule has 0 saturated heterocycles. The van der Waals surface area contributed by atoms with E-state index in [0.717, 1.165) is 27.4 Å². The van der Waals surface area contributed by atoms with Crippen molar-refractivity contribution < 1.29 is 37.3 Å². The Bertz CT molecular complexity index is 496. The summed E-state index contributed by atoms with van der Waals surface area (Å²) in [6.45, 7) is 0. The first-order valence-corrected chi connectivity index (χ1v) is 4.91. The number of hydrogen-bond donors (Lipinski definition) is 1. The zero-order chi connectivity index (χ0) is 14.8. The average Bonchev–Trinajstić information content (AvgIpc) is 2.34. The molecule has 0 radical (unpaired) electrons. The number of carboxylic acids is 1. The van der Waals surface area contributed by atoms with Crippen molar-refractivity contribution >= 4 is 5.97 Å². The summed E-state index contributed by atoms with van der Waals surface area (Å²) >= 11 is 0. The summed E-state index contributed by atoms with van der Waals surface area (Å²) in [6.07, 6.45) is -4.78. The molecule has 8 heteroatoms. The van der Waals surface area contributed by atoms with E-state index in [1.807, 2.05) is 0 Å². The first-order valence-electron chi connectivity index (χ1n) is 4.91. The molecule has 1 aromatic rings. The Morgan fingerprint density at radius 2 is 1.63 bits per heavy atom. The van der Waals surface area contributed by atoms with Crippen LogP contribution in [-0.2, 0) is 6.18 Å². The summed E-state index contributed by atoms with van der Waals surface area (Å²) in [5, 5.41) is 8.96. The molecule has 0 spiro atoms. The van der Waals surface area contributed by atoms with E-state index in [0.29, 0.717) is 0 Å². The van der Waals surface area contributed by atoms with Crippen molar-refractivity contribution in [2.24, 2.45) is 0 Å². The summed E-state index contributed by atoms with van der Waals surface area (Å²) in [4.78, 5) is 11.0. The predicted octanol–water partition coefficient (Wildman–Crippen LogP) is 2.43. The molecule has 1 N–H and O–H groups in total. The normalized spacial score (nSPS) is 11.1. The number of hydrogen-bond acceptors (Lipinski definition) is 4. The number of rotatable bonds is 4. The van der Waals surface area contributed by atoms with E-state index in [-0.39, 0.29) is 0 Å². The first-order chi connectivity index (χ1) is 8.77. The summed E-state index contributed by atoms with van der Waals surface area (Å²) in [7, 11) is 3.04.